The lowest BCUT2D eigenvalue weighted by Crippen LogP contribution is -2.40. The van der Waals surface area contributed by atoms with Crippen molar-refractivity contribution in [3.8, 4) is 11.5 Å². The van der Waals surface area contributed by atoms with Crippen molar-refractivity contribution in [3.63, 3.8) is 0 Å². The van der Waals surface area contributed by atoms with Crippen LogP contribution in [0.15, 0.2) is 42.5 Å². The minimum atomic E-state index is -0.668. The second-order valence-corrected chi connectivity index (χ2v) is 5.69. The highest BCUT2D eigenvalue weighted by molar-refractivity contribution is 6.31. The summed E-state index contributed by atoms with van der Waals surface area (Å²) in [5.41, 5.74) is 2.02. The molecule has 3 nitrogen and oxygen atoms in total. The van der Waals surface area contributed by atoms with Crippen molar-refractivity contribution in [1.29, 1.82) is 0 Å². The SMILES string of the molecule is Cc1ccc(CC(O)C2COc3ccccc3O2)c(Cl)c1. The summed E-state index contributed by atoms with van der Waals surface area (Å²) < 4.78 is 11.4. The van der Waals surface area contributed by atoms with Crippen LogP contribution < -0.4 is 9.47 Å². The van der Waals surface area contributed by atoms with Gasteiger partial charge < -0.3 is 14.6 Å². The number of aliphatic hydroxyl groups is 1. The number of hydrogen-bond donors (Lipinski definition) is 1. The van der Waals surface area contributed by atoms with Gasteiger partial charge in [-0.15, -0.1) is 0 Å². The number of benzene rings is 2. The number of para-hydroxylation sites is 2. The van der Waals surface area contributed by atoms with E-state index in [1.54, 1.807) is 0 Å². The van der Waals surface area contributed by atoms with E-state index >= 15 is 0 Å². The van der Waals surface area contributed by atoms with Crippen molar-refractivity contribution in [2.45, 2.75) is 25.6 Å². The molecule has 0 aromatic heterocycles. The van der Waals surface area contributed by atoms with Crippen LogP contribution in [0, 0.1) is 6.92 Å². The van der Waals surface area contributed by atoms with Gasteiger partial charge in [-0.05, 0) is 36.2 Å². The van der Waals surface area contributed by atoms with Crippen LogP contribution in [-0.2, 0) is 6.42 Å². The molecule has 2 atom stereocenters. The molecule has 2 aromatic carbocycles. The maximum absolute atomic E-state index is 10.4. The molecule has 0 fully saturated rings. The van der Waals surface area contributed by atoms with Crippen LogP contribution in [0.2, 0.25) is 5.02 Å². The van der Waals surface area contributed by atoms with Crippen LogP contribution in [0.1, 0.15) is 11.1 Å². The lowest BCUT2D eigenvalue weighted by Gasteiger charge is -2.29. The van der Waals surface area contributed by atoms with Crippen molar-refractivity contribution >= 4 is 11.6 Å². The Morgan fingerprint density at radius 3 is 2.76 bits per heavy atom. The summed E-state index contributed by atoms with van der Waals surface area (Å²) in [6.07, 6.45) is -0.620. The molecule has 0 saturated heterocycles. The summed E-state index contributed by atoms with van der Waals surface area (Å²) in [7, 11) is 0. The van der Waals surface area contributed by atoms with Crippen molar-refractivity contribution < 1.29 is 14.6 Å². The third-order valence-electron chi connectivity index (χ3n) is 3.60. The minimum absolute atomic E-state index is 0.335. The van der Waals surface area contributed by atoms with E-state index in [4.69, 9.17) is 21.1 Å². The van der Waals surface area contributed by atoms with E-state index in [1.165, 1.54) is 0 Å². The molecule has 0 saturated carbocycles. The zero-order chi connectivity index (χ0) is 14.8. The summed E-state index contributed by atoms with van der Waals surface area (Å²) in [5.74, 6) is 1.39. The number of aliphatic hydroxyl groups excluding tert-OH is 1. The van der Waals surface area contributed by atoms with Crippen LogP contribution in [-0.4, -0.2) is 23.9 Å². The van der Waals surface area contributed by atoms with E-state index in [-0.39, 0.29) is 0 Å². The average molecular weight is 305 g/mol. The summed E-state index contributed by atoms with van der Waals surface area (Å²) in [4.78, 5) is 0. The fourth-order valence-corrected chi connectivity index (χ4v) is 2.71. The van der Waals surface area contributed by atoms with Gasteiger partial charge in [-0.25, -0.2) is 0 Å². The molecule has 1 aliphatic heterocycles. The molecule has 2 aromatic rings. The Morgan fingerprint density at radius 1 is 1.24 bits per heavy atom. The van der Waals surface area contributed by atoms with E-state index in [0.717, 1.165) is 11.1 Å². The molecule has 0 amide bonds. The lowest BCUT2D eigenvalue weighted by atomic mass is 10.0. The average Bonchev–Trinajstić information content (AvgIpc) is 2.49. The lowest BCUT2D eigenvalue weighted by molar-refractivity contribution is -0.00940. The highest BCUT2D eigenvalue weighted by Gasteiger charge is 2.28. The van der Waals surface area contributed by atoms with Gasteiger partial charge >= 0.3 is 0 Å². The van der Waals surface area contributed by atoms with Gasteiger partial charge in [0.15, 0.2) is 17.6 Å². The van der Waals surface area contributed by atoms with Crippen LogP contribution >= 0.6 is 11.6 Å². The summed E-state index contributed by atoms with van der Waals surface area (Å²) >= 11 is 6.21. The van der Waals surface area contributed by atoms with E-state index in [9.17, 15) is 5.11 Å². The van der Waals surface area contributed by atoms with Crippen LogP contribution in [0.5, 0.6) is 11.5 Å². The van der Waals surface area contributed by atoms with E-state index in [1.807, 2.05) is 49.4 Å². The molecule has 110 valence electrons. The van der Waals surface area contributed by atoms with E-state index < -0.39 is 12.2 Å². The molecular formula is C17H17ClO3. The predicted molar refractivity (Wildman–Crippen MR) is 82.3 cm³/mol. The number of hydrogen-bond acceptors (Lipinski definition) is 3. The third kappa shape index (κ3) is 3.14. The number of aryl methyl sites for hydroxylation is 1. The molecule has 21 heavy (non-hydrogen) atoms. The highest BCUT2D eigenvalue weighted by Crippen LogP contribution is 2.32. The second kappa shape index (κ2) is 5.96. The molecule has 0 spiro atoms. The van der Waals surface area contributed by atoms with Gasteiger partial charge in [-0.3, -0.25) is 0 Å². The maximum Gasteiger partial charge on any atom is 0.161 e. The molecule has 0 aliphatic carbocycles. The van der Waals surface area contributed by atoms with E-state index in [0.29, 0.717) is 29.5 Å². The number of fused-ring (bicyclic) bond motifs is 1. The standard InChI is InChI=1S/C17H17ClO3/c1-11-6-7-12(13(18)8-11)9-14(19)17-10-20-15-4-2-3-5-16(15)21-17/h2-8,14,17,19H,9-10H2,1H3. The Morgan fingerprint density at radius 2 is 2.00 bits per heavy atom. The number of rotatable bonds is 3. The highest BCUT2D eigenvalue weighted by atomic mass is 35.5. The monoisotopic (exact) mass is 304 g/mol. The predicted octanol–water partition coefficient (Wildman–Crippen LogP) is 3.39. The number of ether oxygens (including phenoxy) is 2. The fraction of sp³-hybridized carbons (Fsp3) is 0.294. The zero-order valence-corrected chi connectivity index (χ0v) is 12.5. The molecule has 1 heterocycles. The molecule has 0 bridgehead atoms. The Labute approximate surface area is 129 Å². The first-order chi connectivity index (χ1) is 10.1. The fourth-order valence-electron chi connectivity index (χ4n) is 2.40. The Balaban J connectivity index is 1.70. The first kappa shape index (κ1) is 14.2. The van der Waals surface area contributed by atoms with Crippen LogP contribution in [0.4, 0.5) is 0 Å². The maximum atomic E-state index is 10.4. The quantitative estimate of drug-likeness (QED) is 0.944. The van der Waals surface area contributed by atoms with Gasteiger partial charge in [0.25, 0.3) is 0 Å². The normalized spacial score (nSPS) is 18.3. The van der Waals surface area contributed by atoms with Gasteiger partial charge in [0.1, 0.15) is 6.61 Å². The van der Waals surface area contributed by atoms with Crippen molar-refractivity contribution in [3.05, 3.63) is 58.6 Å². The van der Waals surface area contributed by atoms with Crippen molar-refractivity contribution in [1.82, 2.24) is 0 Å². The van der Waals surface area contributed by atoms with Crippen molar-refractivity contribution in [2.24, 2.45) is 0 Å². The molecule has 1 N–H and O–H groups in total. The van der Waals surface area contributed by atoms with Gasteiger partial charge in [0, 0.05) is 11.4 Å². The topological polar surface area (TPSA) is 38.7 Å². The largest absolute Gasteiger partial charge is 0.486 e. The summed E-state index contributed by atoms with van der Waals surface area (Å²) in [5, 5.41) is 11.1. The summed E-state index contributed by atoms with van der Waals surface area (Å²) in [6.45, 7) is 2.32. The van der Waals surface area contributed by atoms with Crippen LogP contribution in [0.3, 0.4) is 0 Å². The van der Waals surface area contributed by atoms with Crippen molar-refractivity contribution in [2.75, 3.05) is 6.61 Å². The molecular weight excluding hydrogens is 288 g/mol. The molecule has 0 radical (unpaired) electrons. The minimum Gasteiger partial charge on any atom is -0.486 e. The van der Waals surface area contributed by atoms with Gasteiger partial charge in [-0.1, -0.05) is 35.9 Å². The first-order valence-corrected chi connectivity index (χ1v) is 7.33. The van der Waals surface area contributed by atoms with E-state index in [2.05, 4.69) is 0 Å². The Kier molecular flexibility index (Phi) is 4.04. The zero-order valence-electron chi connectivity index (χ0n) is 11.8. The molecule has 1 aliphatic rings. The van der Waals surface area contributed by atoms with Gasteiger partial charge in [0.05, 0.1) is 6.10 Å². The Hall–Kier alpha value is -1.71. The number of halogens is 1. The van der Waals surface area contributed by atoms with Crippen LogP contribution in [0.25, 0.3) is 0 Å². The molecule has 4 heteroatoms. The Bertz CT molecular complexity index is 642. The smallest absolute Gasteiger partial charge is 0.161 e. The third-order valence-corrected chi connectivity index (χ3v) is 3.95. The second-order valence-electron chi connectivity index (χ2n) is 5.28. The molecule has 2 unspecified atom stereocenters. The molecule has 3 rings (SSSR count). The van der Waals surface area contributed by atoms with Gasteiger partial charge in [0.2, 0.25) is 0 Å². The first-order valence-electron chi connectivity index (χ1n) is 6.95. The summed E-state index contributed by atoms with van der Waals surface area (Å²) in [6, 6.07) is 13.3. The van der Waals surface area contributed by atoms with Gasteiger partial charge in [-0.2, -0.15) is 0 Å².